The number of benzene rings is 2. The van der Waals surface area contributed by atoms with Crippen LogP contribution in [-0.4, -0.2) is 42.8 Å². The average Bonchev–Trinajstić information content (AvgIpc) is 3.08. The molecule has 1 N–H and O–H groups in total. The molecule has 3 aromatic rings. The van der Waals surface area contributed by atoms with Gasteiger partial charge < -0.3 is 9.47 Å². The van der Waals surface area contributed by atoms with Gasteiger partial charge in [-0.3, -0.25) is 4.79 Å². The number of alkyl halides is 3. The van der Waals surface area contributed by atoms with E-state index in [0.29, 0.717) is 0 Å². The van der Waals surface area contributed by atoms with Crippen molar-refractivity contribution in [3.05, 3.63) is 57.8 Å². The Morgan fingerprint density at radius 3 is 2.36 bits per heavy atom. The summed E-state index contributed by atoms with van der Waals surface area (Å²) in [6.45, 7) is 1.39. The molecule has 0 aliphatic carbocycles. The summed E-state index contributed by atoms with van der Waals surface area (Å²) in [7, 11) is -3.09. The van der Waals surface area contributed by atoms with Gasteiger partial charge in [-0.1, -0.05) is 28.4 Å². The van der Waals surface area contributed by atoms with E-state index in [4.69, 9.17) is 27.9 Å². The first-order valence-corrected chi connectivity index (χ1v) is 10.9. The fourth-order valence-electron chi connectivity index (χ4n) is 2.67. The second-order valence-corrected chi connectivity index (χ2v) is 8.79. The molecule has 0 unspecified atom stereocenters. The molecule has 0 spiro atoms. The highest BCUT2D eigenvalue weighted by atomic mass is 35.5. The molecule has 1 aromatic heterocycles. The zero-order valence-corrected chi connectivity index (χ0v) is 19.0. The molecule has 0 aliphatic heterocycles. The van der Waals surface area contributed by atoms with E-state index in [1.807, 2.05) is 4.72 Å². The van der Waals surface area contributed by atoms with Crippen molar-refractivity contribution in [3.8, 4) is 17.2 Å². The Hall–Kier alpha value is -3.03. The highest BCUT2D eigenvalue weighted by Gasteiger charge is 2.31. The van der Waals surface area contributed by atoms with Gasteiger partial charge in [-0.2, -0.15) is 0 Å². The molecule has 3 rings (SSSR count). The van der Waals surface area contributed by atoms with Crippen molar-refractivity contribution in [2.45, 2.75) is 18.2 Å². The third kappa shape index (κ3) is 5.49. The van der Waals surface area contributed by atoms with Gasteiger partial charge in [-0.05, 0) is 31.2 Å². The summed E-state index contributed by atoms with van der Waals surface area (Å²) in [4.78, 5) is 12.2. The molecule has 0 saturated carbocycles. The number of rotatable bonds is 6. The molecule has 0 saturated heterocycles. The maximum atomic E-state index is 12.6. The van der Waals surface area contributed by atoms with Gasteiger partial charge in [0.25, 0.3) is 15.9 Å². The largest absolute Gasteiger partial charge is 0.573 e. The fourth-order valence-corrected chi connectivity index (χ4v) is 4.39. The molecule has 0 radical (unpaired) electrons. The van der Waals surface area contributed by atoms with Gasteiger partial charge in [0, 0.05) is 12.1 Å². The zero-order valence-electron chi connectivity index (χ0n) is 16.6. The molecular weight excluding hydrogens is 512 g/mol. The van der Waals surface area contributed by atoms with Crippen molar-refractivity contribution in [2.75, 3.05) is 7.11 Å². The number of nitrogens with one attached hydrogen (secondary N) is 1. The summed E-state index contributed by atoms with van der Waals surface area (Å²) in [6, 6.07) is 6.92. The van der Waals surface area contributed by atoms with Crippen LogP contribution in [0, 0.1) is 6.92 Å². The van der Waals surface area contributed by atoms with Crippen LogP contribution in [0.15, 0.2) is 41.3 Å². The summed E-state index contributed by atoms with van der Waals surface area (Å²) >= 11 is 12.0. The van der Waals surface area contributed by atoms with E-state index in [9.17, 15) is 26.4 Å². The van der Waals surface area contributed by atoms with Crippen LogP contribution in [-0.2, 0) is 10.0 Å². The molecule has 9 nitrogen and oxygen atoms in total. The Morgan fingerprint density at radius 1 is 1.09 bits per heavy atom. The summed E-state index contributed by atoms with van der Waals surface area (Å²) in [6.07, 6.45) is -4.91. The minimum Gasteiger partial charge on any atom is -0.497 e. The number of carbonyl (C=O) groups excluding carboxylic acids is 1. The Balaban J connectivity index is 1.89. The van der Waals surface area contributed by atoms with Crippen molar-refractivity contribution >= 4 is 39.1 Å². The lowest BCUT2D eigenvalue weighted by molar-refractivity contribution is -0.274. The molecule has 1 amide bonds. The lowest BCUT2D eigenvalue weighted by Gasteiger charge is -2.11. The van der Waals surface area contributed by atoms with E-state index in [2.05, 4.69) is 15.0 Å². The number of methoxy groups -OCH3 is 1. The number of aromatic nitrogens is 3. The summed E-state index contributed by atoms with van der Waals surface area (Å²) in [5, 5.41) is 7.06. The van der Waals surface area contributed by atoms with Crippen molar-refractivity contribution in [2.24, 2.45) is 0 Å². The van der Waals surface area contributed by atoms with Crippen LogP contribution < -0.4 is 14.2 Å². The number of carbonyl (C=O) groups is 1. The van der Waals surface area contributed by atoms with Crippen LogP contribution in [0.25, 0.3) is 5.69 Å². The molecule has 33 heavy (non-hydrogen) atoms. The molecule has 176 valence electrons. The predicted molar refractivity (Wildman–Crippen MR) is 110 cm³/mol. The lowest BCUT2D eigenvalue weighted by atomic mass is 10.2. The predicted octanol–water partition coefficient (Wildman–Crippen LogP) is 3.91. The van der Waals surface area contributed by atoms with Gasteiger partial charge in [0.15, 0.2) is 5.69 Å². The standard InChI is InChI=1S/C18H13Cl2F3N4O5S/c1-9-16(17(28)25-33(29,30)15-8-10(31-2)3-5-12(15)19)24-26-27(9)14-6-4-11(7-13(14)20)32-18(21,22)23/h3-8H,1-2H3,(H,25,28). The molecule has 0 atom stereocenters. The maximum Gasteiger partial charge on any atom is 0.573 e. The van der Waals surface area contributed by atoms with Crippen LogP contribution in [0.3, 0.4) is 0 Å². The quantitative estimate of drug-likeness (QED) is 0.520. The van der Waals surface area contributed by atoms with Gasteiger partial charge in [-0.25, -0.2) is 17.8 Å². The van der Waals surface area contributed by atoms with E-state index in [1.54, 1.807) is 0 Å². The van der Waals surface area contributed by atoms with Crippen molar-refractivity contribution in [1.82, 2.24) is 19.7 Å². The van der Waals surface area contributed by atoms with Crippen molar-refractivity contribution in [1.29, 1.82) is 0 Å². The minimum atomic E-state index is -4.91. The Labute approximate surface area is 195 Å². The molecule has 0 fully saturated rings. The topological polar surface area (TPSA) is 112 Å². The van der Waals surface area contributed by atoms with Crippen LogP contribution in [0.4, 0.5) is 13.2 Å². The van der Waals surface area contributed by atoms with Crippen LogP contribution in [0.2, 0.25) is 10.0 Å². The van der Waals surface area contributed by atoms with Gasteiger partial charge in [0.2, 0.25) is 0 Å². The number of nitrogens with zero attached hydrogens (tertiary/aromatic N) is 3. The zero-order chi connectivity index (χ0) is 24.6. The van der Waals surface area contributed by atoms with Gasteiger partial charge in [-0.15, -0.1) is 18.3 Å². The average molecular weight is 525 g/mol. The molecule has 15 heteroatoms. The van der Waals surface area contributed by atoms with Crippen molar-refractivity contribution < 1.29 is 35.9 Å². The van der Waals surface area contributed by atoms with E-state index in [0.717, 1.165) is 22.9 Å². The number of ether oxygens (including phenoxy) is 2. The lowest BCUT2D eigenvalue weighted by Crippen LogP contribution is -2.31. The highest BCUT2D eigenvalue weighted by molar-refractivity contribution is 7.90. The second-order valence-electron chi connectivity index (χ2n) is 6.33. The summed E-state index contributed by atoms with van der Waals surface area (Å²) in [5.74, 6) is -1.49. The van der Waals surface area contributed by atoms with Crippen molar-refractivity contribution in [3.63, 3.8) is 0 Å². The number of hydrogen-bond acceptors (Lipinski definition) is 7. The Kier molecular flexibility index (Phi) is 6.77. The number of hydrogen-bond donors (Lipinski definition) is 1. The summed E-state index contributed by atoms with van der Waals surface area (Å²) in [5.41, 5.74) is -0.232. The Morgan fingerprint density at radius 2 is 1.76 bits per heavy atom. The van der Waals surface area contributed by atoms with Crippen LogP contribution in [0.5, 0.6) is 11.5 Å². The van der Waals surface area contributed by atoms with E-state index in [1.165, 1.54) is 32.2 Å². The molecular formula is C18H13Cl2F3N4O5S. The third-order valence-corrected chi connectivity index (χ3v) is 6.26. The van der Waals surface area contributed by atoms with E-state index >= 15 is 0 Å². The van der Waals surface area contributed by atoms with Gasteiger partial charge >= 0.3 is 6.36 Å². The summed E-state index contributed by atoms with van der Waals surface area (Å²) < 4.78 is 74.1. The van der Waals surface area contributed by atoms with Gasteiger partial charge in [0.05, 0.1) is 28.5 Å². The first kappa shape index (κ1) is 24.6. The van der Waals surface area contributed by atoms with Crippen LogP contribution in [0.1, 0.15) is 16.2 Å². The van der Waals surface area contributed by atoms with E-state index < -0.39 is 32.9 Å². The second kappa shape index (κ2) is 9.08. The molecule has 0 bridgehead atoms. The fraction of sp³-hybridized carbons (Fsp3) is 0.167. The first-order valence-electron chi connectivity index (χ1n) is 8.71. The SMILES string of the molecule is COc1ccc(Cl)c(S(=O)(=O)NC(=O)c2nnn(-c3ccc(OC(F)(F)F)cc3Cl)c2C)c1. The normalized spacial score (nSPS) is 11.8. The maximum absolute atomic E-state index is 12.6. The molecule has 2 aromatic carbocycles. The molecule has 0 aliphatic rings. The number of sulfonamides is 1. The monoisotopic (exact) mass is 524 g/mol. The third-order valence-electron chi connectivity index (χ3n) is 4.15. The Bertz CT molecular complexity index is 1330. The van der Waals surface area contributed by atoms with Gasteiger partial charge in [0.1, 0.15) is 16.4 Å². The number of halogens is 5. The minimum absolute atomic E-state index is 0.0610. The molecule has 1 heterocycles. The smallest absolute Gasteiger partial charge is 0.497 e. The first-order chi connectivity index (χ1) is 15.3. The number of amides is 1. The highest BCUT2D eigenvalue weighted by Crippen LogP contribution is 2.30. The van der Waals surface area contributed by atoms with Crippen LogP contribution >= 0.6 is 23.2 Å². The van der Waals surface area contributed by atoms with E-state index in [-0.39, 0.29) is 32.9 Å².